The van der Waals surface area contributed by atoms with Gasteiger partial charge < -0.3 is 25.4 Å². The maximum atomic E-state index is 13.2. The number of likely N-dealkylation sites (N-methyl/N-ethyl adjacent to an activating group) is 1. The van der Waals surface area contributed by atoms with E-state index in [1.54, 1.807) is 18.5 Å². The van der Waals surface area contributed by atoms with Crippen molar-refractivity contribution < 1.29 is 4.79 Å². The van der Waals surface area contributed by atoms with E-state index in [-0.39, 0.29) is 16.9 Å². The Morgan fingerprint density at radius 1 is 0.976 bits per heavy atom. The van der Waals surface area contributed by atoms with Crippen LogP contribution in [0.15, 0.2) is 59.8 Å². The van der Waals surface area contributed by atoms with Crippen LogP contribution >= 0.6 is 0 Å². The lowest BCUT2D eigenvalue weighted by Gasteiger charge is -2.32. The van der Waals surface area contributed by atoms with Crippen LogP contribution in [-0.4, -0.2) is 69.2 Å². The number of hydrogen-bond acceptors (Lipinski definition) is 9. The molecule has 1 aromatic carbocycles. The summed E-state index contributed by atoms with van der Waals surface area (Å²) in [6.45, 7) is 11.7. The Balaban J connectivity index is 1.36. The van der Waals surface area contributed by atoms with Gasteiger partial charge in [-0.2, -0.15) is 0 Å². The molecule has 1 aliphatic rings. The molecule has 41 heavy (non-hydrogen) atoms. The molecule has 0 atom stereocenters. The van der Waals surface area contributed by atoms with Gasteiger partial charge in [-0.25, -0.2) is 4.98 Å². The van der Waals surface area contributed by atoms with E-state index in [0.717, 1.165) is 48.7 Å². The molecule has 4 aromatic rings. The second-order valence-corrected chi connectivity index (χ2v) is 11.3. The highest BCUT2D eigenvalue weighted by atomic mass is 16.2. The Hall–Kier alpha value is -4.64. The highest BCUT2D eigenvalue weighted by Gasteiger charge is 2.25. The minimum absolute atomic E-state index is 0.279. The van der Waals surface area contributed by atoms with Gasteiger partial charge in [-0.15, -0.1) is 10.2 Å². The monoisotopic (exact) mass is 553 g/mol. The van der Waals surface area contributed by atoms with Gasteiger partial charge in [-0.3, -0.25) is 14.6 Å². The van der Waals surface area contributed by atoms with Crippen LogP contribution in [0.1, 0.15) is 42.5 Å². The Bertz CT molecular complexity index is 1600. The molecule has 1 saturated heterocycles. The summed E-state index contributed by atoms with van der Waals surface area (Å²) in [4.78, 5) is 41.9. The molecule has 0 spiro atoms. The first kappa shape index (κ1) is 27.9. The maximum absolute atomic E-state index is 13.2. The molecule has 4 heterocycles. The fraction of sp³-hybridized carbons (Fsp3) is 0.333. The molecule has 1 fully saturated rings. The smallest absolute Gasteiger partial charge is 0.276 e. The fourth-order valence-corrected chi connectivity index (χ4v) is 4.78. The van der Waals surface area contributed by atoms with Crippen LogP contribution in [0.5, 0.6) is 0 Å². The van der Waals surface area contributed by atoms with Crippen molar-refractivity contribution >= 4 is 28.9 Å². The van der Waals surface area contributed by atoms with Gasteiger partial charge in [0.1, 0.15) is 11.4 Å². The average Bonchev–Trinajstić information content (AvgIpc) is 2.96. The summed E-state index contributed by atoms with van der Waals surface area (Å²) in [5.41, 5.74) is 3.76. The van der Waals surface area contributed by atoms with E-state index in [9.17, 15) is 9.59 Å². The minimum Gasteiger partial charge on any atom is -0.353 e. The SMILES string of the molecule is Cc1c(NC(=O)c2nccnc2C(C)(C)C)cccc1-c1c[nH]c(=O)c(Nc2ccc(N3CCN(C)CC3)nn2)c1. The topological polar surface area (TPSA) is 132 Å². The summed E-state index contributed by atoms with van der Waals surface area (Å²) >= 11 is 0. The number of H-pyrrole nitrogens is 1. The minimum atomic E-state index is -0.341. The number of pyridine rings is 1. The number of rotatable bonds is 6. The molecule has 1 aliphatic heterocycles. The summed E-state index contributed by atoms with van der Waals surface area (Å²) < 4.78 is 0. The number of amides is 1. The predicted octanol–water partition coefficient (Wildman–Crippen LogP) is 3.98. The zero-order valence-electron chi connectivity index (χ0n) is 24.0. The van der Waals surface area contributed by atoms with Gasteiger partial charge in [0.05, 0.1) is 5.69 Å². The first-order valence-corrected chi connectivity index (χ1v) is 13.6. The summed E-state index contributed by atoms with van der Waals surface area (Å²) in [6.07, 6.45) is 4.77. The third-order valence-corrected chi connectivity index (χ3v) is 7.16. The van der Waals surface area contributed by atoms with Crippen molar-refractivity contribution in [3.63, 3.8) is 0 Å². The van der Waals surface area contributed by atoms with E-state index in [1.807, 2.05) is 58.0 Å². The normalized spacial score (nSPS) is 14.1. The molecule has 3 aromatic heterocycles. The molecule has 3 N–H and O–H groups in total. The van der Waals surface area contributed by atoms with Crippen molar-refractivity contribution in [1.29, 1.82) is 0 Å². The highest BCUT2D eigenvalue weighted by Crippen LogP contribution is 2.30. The molecule has 0 bridgehead atoms. The molecular formula is C30H35N9O2. The molecule has 0 unspecified atom stereocenters. The van der Waals surface area contributed by atoms with Crippen LogP contribution in [0.4, 0.5) is 23.0 Å². The molecular weight excluding hydrogens is 518 g/mol. The van der Waals surface area contributed by atoms with Crippen molar-refractivity contribution in [3.05, 3.63) is 82.3 Å². The van der Waals surface area contributed by atoms with E-state index in [4.69, 9.17) is 0 Å². The van der Waals surface area contributed by atoms with Gasteiger partial charge >= 0.3 is 0 Å². The number of carbonyl (C=O) groups is 1. The van der Waals surface area contributed by atoms with Gasteiger partial charge in [0.2, 0.25) is 0 Å². The second kappa shape index (κ2) is 11.5. The van der Waals surface area contributed by atoms with Gasteiger partial charge in [-0.05, 0) is 49.4 Å². The quantitative estimate of drug-likeness (QED) is 0.324. The number of hydrogen-bond donors (Lipinski definition) is 3. The van der Waals surface area contributed by atoms with Crippen molar-refractivity contribution in [1.82, 2.24) is 30.0 Å². The molecule has 11 heteroatoms. The predicted molar refractivity (Wildman–Crippen MR) is 161 cm³/mol. The number of aromatic amines is 1. The Morgan fingerprint density at radius 3 is 2.44 bits per heavy atom. The lowest BCUT2D eigenvalue weighted by molar-refractivity contribution is 0.101. The lowest BCUT2D eigenvalue weighted by Crippen LogP contribution is -2.44. The molecule has 212 valence electrons. The Labute approximate surface area is 239 Å². The molecule has 0 aliphatic carbocycles. The third-order valence-electron chi connectivity index (χ3n) is 7.16. The highest BCUT2D eigenvalue weighted by molar-refractivity contribution is 6.04. The number of aromatic nitrogens is 5. The second-order valence-electron chi connectivity index (χ2n) is 11.3. The van der Waals surface area contributed by atoms with E-state index in [1.165, 1.54) is 6.20 Å². The van der Waals surface area contributed by atoms with Gasteiger partial charge in [-0.1, -0.05) is 32.9 Å². The first-order chi connectivity index (χ1) is 19.6. The van der Waals surface area contributed by atoms with E-state index < -0.39 is 0 Å². The summed E-state index contributed by atoms with van der Waals surface area (Å²) in [5.74, 6) is 0.962. The number of piperazine rings is 1. The average molecular weight is 554 g/mol. The van der Waals surface area contributed by atoms with Crippen molar-refractivity contribution in [3.8, 4) is 11.1 Å². The lowest BCUT2D eigenvalue weighted by atomic mass is 9.90. The first-order valence-electron chi connectivity index (χ1n) is 13.6. The van der Waals surface area contributed by atoms with Gasteiger partial charge in [0.25, 0.3) is 11.5 Å². The number of anilines is 4. The van der Waals surface area contributed by atoms with E-state index in [0.29, 0.717) is 28.6 Å². The van der Waals surface area contributed by atoms with Crippen molar-refractivity contribution in [2.45, 2.75) is 33.1 Å². The van der Waals surface area contributed by atoms with Crippen LogP contribution in [0.25, 0.3) is 11.1 Å². The number of benzene rings is 1. The van der Waals surface area contributed by atoms with E-state index in [2.05, 4.69) is 52.6 Å². The zero-order chi connectivity index (χ0) is 29.1. The van der Waals surface area contributed by atoms with Gasteiger partial charge in [0, 0.05) is 61.4 Å². The molecule has 0 saturated carbocycles. The Kier molecular flexibility index (Phi) is 7.80. The molecule has 11 nitrogen and oxygen atoms in total. The number of carbonyl (C=O) groups excluding carboxylic acids is 1. The summed E-state index contributed by atoms with van der Waals surface area (Å²) in [6, 6.07) is 11.1. The van der Waals surface area contributed by atoms with Crippen LogP contribution < -0.4 is 21.1 Å². The van der Waals surface area contributed by atoms with Crippen molar-refractivity contribution in [2.24, 2.45) is 0 Å². The fourth-order valence-electron chi connectivity index (χ4n) is 4.78. The van der Waals surface area contributed by atoms with Crippen LogP contribution in [-0.2, 0) is 5.41 Å². The summed E-state index contributed by atoms with van der Waals surface area (Å²) in [7, 11) is 2.11. The largest absolute Gasteiger partial charge is 0.353 e. The molecule has 0 radical (unpaired) electrons. The standard InChI is InChI=1S/C30H35N9O2/c1-19-21(7-6-8-22(19)35-29(41)26-27(30(2,3)4)32-12-11-31-26)20-17-23(28(40)33-18-20)34-24-9-10-25(37-36-24)39-15-13-38(5)14-16-39/h6-12,17-18H,13-16H2,1-5H3,(H,33,40)(H,34,36)(H,35,41). The number of nitrogens with one attached hydrogen (secondary N) is 3. The van der Waals surface area contributed by atoms with Crippen molar-refractivity contribution in [2.75, 3.05) is 48.8 Å². The van der Waals surface area contributed by atoms with Crippen LogP contribution in [0.2, 0.25) is 0 Å². The van der Waals surface area contributed by atoms with Crippen LogP contribution in [0, 0.1) is 6.92 Å². The third kappa shape index (κ3) is 6.25. The van der Waals surface area contributed by atoms with E-state index >= 15 is 0 Å². The summed E-state index contributed by atoms with van der Waals surface area (Å²) in [5, 5.41) is 14.8. The maximum Gasteiger partial charge on any atom is 0.276 e. The van der Waals surface area contributed by atoms with Crippen LogP contribution in [0.3, 0.4) is 0 Å². The van der Waals surface area contributed by atoms with Gasteiger partial charge in [0.15, 0.2) is 11.6 Å². The zero-order valence-corrected chi connectivity index (χ0v) is 24.0. The number of nitrogens with zero attached hydrogens (tertiary/aromatic N) is 6. The Morgan fingerprint density at radius 2 is 1.73 bits per heavy atom. The molecule has 5 rings (SSSR count). The molecule has 1 amide bonds.